The summed E-state index contributed by atoms with van der Waals surface area (Å²) in [5.41, 5.74) is 0. The number of halogens is 1. The molecule has 0 atom stereocenters. The zero-order valence-corrected chi connectivity index (χ0v) is 11.5. The topological polar surface area (TPSA) is 51.2 Å². The molecule has 5 heteroatoms. The smallest absolute Gasteiger partial charge is 0.209 e. The Balaban J connectivity index is 1.96. The Bertz CT molecular complexity index is 476. The third-order valence-corrected chi connectivity index (χ3v) is 2.62. The number of hydrogen-bond donors (Lipinski definition) is 1. The minimum atomic E-state index is 0.616. The van der Waals surface area contributed by atoms with Gasteiger partial charge in [0, 0.05) is 0 Å². The molecule has 2 rings (SSSR count). The van der Waals surface area contributed by atoms with Crippen LogP contribution in [0.25, 0.3) is 11.5 Å². The van der Waals surface area contributed by atoms with Crippen molar-refractivity contribution in [2.45, 2.75) is 20.4 Å². The molecule has 0 aliphatic carbocycles. The van der Waals surface area contributed by atoms with Crippen LogP contribution in [0.15, 0.2) is 31.8 Å². The van der Waals surface area contributed by atoms with Crippen LogP contribution in [0.2, 0.25) is 0 Å². The fraction of sp³-hybridized carbons (Fsp3) is 0.417. The molecule has 0 aliphatic heterocycles. The molecule has 0 unspecified atom stereocenters. The van der Waals surface area contributed by atoms with Crippen LogP contribution in [0, 0.1) is 5.92 Å². The highest BCUT2D eigenvalue weighted by atomic mass is 79.9. The molecule has 0 radical (unpaired) electrons. The standard InChI is InChI=1S/C12H15BrN2O2/c1-8(2)5-14-7-12-15-6-10(17-12)9-3-4-11(13)16-9/h3-4,6,8,14H,5,7H2,1-2H3. The highest BCUT2D eigenvalue weighted by molar-refractivity contribution is 9.10. The summed E-state index contributed by atoms with van der Waals surface area (Å²) in [4.78, 5) is 4.19. The van der Waals surface area contributed by atoms with E-state index in [9.17, 15) is 0 Å². The van der Waals surface area contributed by atoms with Crippen molar-refractivity contribution in [1.82, 2.24) is 10.3 Å². The number of rotatable bonds is 5. The van der Waals surface area contributed by atoms with E-state index < -0.39 is 0 Å². The number of nitrogens with zero attached hydrogens (tertiary/aromatic N) is 1. The minimum Gasteiger partial charge on any atom is -0.446 e. The van der Waals surface area contributed by atoms with Gasteiger partial charge < -0.3 is 14.2 Å². The third-order valence-electron chi connectivity index (χ3n) is 2.20. The Hall–Kier alpha value is -1.07. The van der Waals surface area contributed by atoms with Crippen molar-refractivity contribution in [3.05, 3.63) is 28.9 Å². The van der Waals surface area contributed by atoms with Crippen molar-refractivity contribution >= 4 is 15.9 Å². The van der Waals surface area contributed by atoms with Gasteiger partial charge >= 0.3 is 0 Å². The molecule has 2 aromatic heterocycles. The van der Waals surface area contributed by atoms with E-state index in [2.05, 4.69) is 40.1 Å². The van der Waals surface area contributed by atoms with E-state index >= 15 is 0 Å². The highest BCUT2D eigenvalue weighted by Crippen LogP contribution is 2.25. The Labute approximate surface area is 109 Å². The van der Waals surface area contributed by atoms with E-state index in [1.54, 1.807) is 6.20 Å². The van der Waals surface area contributed by atoms with Crippen LogP contribution in [0.3, 0.4) is 0 Å². The molecule has 0 bridgehead atoms. The predicted molar refractivity (Wildman–Crippen MR) is 68.4 cm³/mol. The van der Waals surface area contributed by atoms with Crippen molar-refractivity contribution in [2.75, 3.05) is 6.54 Å². The Morgan fingerprint density at radius 1 is 1.29 bits per heavy atom. The minimum absolute atomic E-state index is 0.616. The molecule has 17 heavy (non-hydrogen) atoms. The zero-order valence-electron chi connectivity index (χ0n) is 9.87. The highest BCUT2D eigenvalue weighted by Gasteiger charge is 2.09. The van der Waals surface area contributed by atoms with Gasteiger partial charge in [-0.25, -0.2) is 4.98 Å². The van der Waals surface area contributed by atoms with E-state index in [-0.39, 0.29) is 0 Å². The average Bonchev–Trinajstić information content (AvgIpc) is 2.86. The van der Waals surface area contributed by atoms with Gasteiger partial charge in [-0.05, 0) is 40.5 Å². The van der Waals surface area contributed by atoms with Gasteiger partial charge in [-0.2, -0.15) is 0 Å². The van der Waals surface area contributed by atoms with E-state index in [0.717, 1.165) is 6.54 Å². The van der Waals surface area contributed by atoms with Gasteiger partial charge in [-0.15, -0.1) is 0 Å². The molecular formula is C12H15BrN2O2. The summed E-state index contributed by atoms with van der Waals surface area (Å²) in [6.45, 7) is 5.91. The zero-order chi connectivity index (χ0) is 12.3. The molecular weight excluding hydrogens is 284 g/mol. The first-order valence-electron chi connectivity index (χ1n) is 5.56. The second-order valence-corrected chi connectivity index (χ2v) is 5.03. The summed E-state index contributed by atoms with van der Waals surface area (Å²) in [5.74, 6) is 2.62. The second kappa shape index (κ2) is 5.51. The summed E-state index contributed by atoms with van der Waals surface area (Å²) < 4.78 is 11.6. The first-order chi connectivity index (χ1) is 8.15. The lowest BCUT2D eigenvalue weighted by atomic mass is 10.2. The summed E-state index contributed by atoms with van der Waals surface area (Å²) >= 11 is 3.25. The number of hydrogen-bond acceptors (Lipinski definition) is 4. The maximum atomic E-state index is 5.58. The van der Waals surface area contributed by atoms with Crippen LogP contribution < -0.4 is 5.32 Å². The van der Waals surface area contributed by atoms with Crippen LogP contribution in [-0.4, -0.2) is 11.5 Å². The Kier molecular flexibility index (Phi) is 4.02. The normalized spacial score (nSPS) is 11.3. The fourth-order valence-electron chi connectivity index (χ4n) is 1.42. The van der Waals surface area contributed by atoms with Crippen molar-refractivity contribution in [3.63, 3.8) is 0 Å². The molecule has 1 N–H and O–H groups in total. The lowest BCUT2D eigenvalue weighted by Gasteiger charge is -2.03. The van der Waals surface area contributed by atoms with E-state index in [4.69, 9.17) is 8.83 Å². The predicted octanol–water partition coefficient (Wildman–Crippen LogP) is 3.44. The molecule has 0 fully saturated rings. The van der Waals surface area contributed by atoms with Gasteiger partial charge in [0.05, 0.1) is 12.7 Å². The molecule has 0 spiro atoms. The van der Waals surface area contributed by atoms with Gasteiger partial charge in [0.15, 0.2) is 16.2 Å². The van der Waals surface area contributed by atoms with Gasteiger partial charge in [0.25, 0.3) is 0 Å². The summed E-state index contributed by atoms with van der Waals surface area (Å²) in [6, 6.07) is 3.67. The lowest BCUT2D eigenvalue weighted by Crippen LogP contribution is -2.18. The second-order valence-electron chi connectivity index (χ2n) is 4.25. The number of furan rings is 1. The summed E-state index contributed by atoms with van der Waals surface area (Å²) in [7, 11) is 0. The number of oxazole rings is 1. The van der Waals surface area contributed by atoms with Crippen molar-refractivity contribution < 1.29 is 8.83 Å². The van der Waals surface area contributed by atoms with Gasteiger partial charge in [-0.3, -0.25) is 0 Å². The van der Waals surface area contributed by atoms with E-state index in [1.807, 2.05) is 12.1 Å². The maximum Gasteiger partial charge on any atom is 0.209 e. The van der Waals surface area contributed by atoms with Crippen molar-refractivity contribution in [3.8, 4) is 11.5 Å². The molecule has 4 nitrogen and oxygen atoms in total. The SMILES string of the molecule is CC(C)CNCc1ncc(-c2ccc(Br)o2)o1. The number of aromatic nitrogens is 1. The van der Waals surface area contributed by atoms with Crippen molar-refractivity contribution in [1.29, 1.82) is 0 Å². The fourth-order valence-corrected chi connectivity index (χ4v) is 1.73. The van der Waals surface area contributed by atoms with E-state index in [1.165, 1.54) is 0 Å². The largest absolute Gasteiger partial charge is 0.446 e. The average molecular weight is 299 g/mol. The quantitative estimate of drug-likeness (QED) is 0.919. The molecule has 0 saturated carbocycles. The first-order valence-corrected chi connectivity index (χ1v) is 6.35. The Morgan fingerprint density at radius 3 is 2.76 bits per heavy atom. The molecule has 2 aromatic rings. The molecule has 92 valence electrons. The molecule has 0 aliphatic rings. The van der Waals surface area contributed by atoms with Gasteiger partial charge in [0.1, 0.15) is 0 Å². The number of nitrogens with one attached hydrogen (secondary N) is 1. The lowest BCUT2D eigenvalue weighted by molar-refractivity contribution is 0.446. The molecule has 0 aromatic carbocycles. The summed E-state index contributed by atoms with van der Waals surface area (Å²) in [6.07, 6.45) is 1.68. The third kappa shape index (κ3) is 3.44. The van der Waals surface area contributed by atoms with Crippen molar-refractivity contribution in [2.24, 2.45) is 5.92 Å². The van der Waals surface area contributed by atoms with E-state index in [0.29, 0.717) is 34.5 Å². The molecule has 0 amide bonds. The van der Waals surface area contributed by atoms with Crippen LogP contribution in [0.1, 0.15) is 19.7 Å². The molecule has 2 heterocycles. The summed E-state index contributed by atoms with van der Waals surface area (Å²) in [5, 5.41) is 3.27. The van der Waals surface area contributed by atoms with Gasteiger partial charge in [0.2, 0.25) is 5.89 Å². The van der Waals surface area contributed by atoms with Crippen LogP contribution in [0.5, 0.6) is 0 Å². The Morgan fingerprint density at radius 2 is 2.12 bits per heavy atom. The maximum absolute atomic E-state index is 5.58. The van der Waals surface area contributed by atoms with Crippen LogP contribution >= 0.6 is 15.9 Å². The van der Waals surface area contributed by atoms with Crippen LogP contribution in [0.4, 0.5) is 0 Å². The van der Waals surface area contributed by atoms with Crippen LogP contribution in [-0.2, 0) is 6.54 Å². The molecule has 0 saturated heterocycles. The monoisotopic (exact) mass is 298 g/mol. The van der Waals surface area contributed by atoms with Gasteiger partial charge in [-0.1, -0.05) is 13.8 Å². The first kappa shape index (κ1) is 12.4.